The van der Waals surface area contributed by atoms with Gasteiger partial charge in [0, 0.05) is 31.2 Å². The molecule has 0 saturated carbocycles. The Bertz CT molecular complexity index is 829. The Morgan fingerprint density at radius 1 is 1.12 bits per heavy atom. The summed E-state index contributed by atoms with van der Waals surface area (Å²) in [6.07, 6.45) is 6.47. The van der Waals surface area contributed by atoms with E-state index >= 15 is 0 Å². The average molecular weight is 394 g/mol. The molecular weight excluding hydrogens is 370 g/mol. The Morgan fingerprint density at radius 2 is 1.85 bits per heavy atom. The highest BCUT2D eigenvalue weighted by atomic mass is 32.2. The third kappa shape index (κ3) is 6.05. The Morgan fingerprint density at radius 3 is 2.58 bits per heavy atom. The van der Waals surface area contributed by atoms with Gasteiger partial charge in [-0.1, -0.05) is 30.0 Å². The number of benzene rings is 1. The molecule has 0 saturated heterocycles. The first kappa shape index (κ1) is 19.3. The summed E-state index contributed by atoms with van der Waals surface area (Å²) < 4.78 is 31.2. The first-order valence-electron chi connectivity index (χ1n) is 8.68. The highest BCUT2D eigenvalue weighted by Crippen LogP contribution is 2.20. The summed E-state index contributed by atoms with van der Waals surface area (Å²) in [5.41, 5.74) is 3.12. The van der Waals surface area contributed by atoms with E-state index in [-0.39, 0.29) is 5.75 Å². The molecule has 0 atom stereocenters. The molecule has 0 radical (unpaired) electrons. The number of hydrogen-bond acceptors (Lipinski definition) is 6. The maximum Gasteiger partial charge on any atom is 0.269 e. The van der Waals surface area contributed by atoms with Crippen LogP contribution in [0.5, 0.6) is 0 Å². The molecule has 2 aromatic rings. The Kier molecular flexibility index (Phi) is 6.63. The highest BCUT2D eigenvalue weighted by molar-refractivity contribution is 7.99. The molecule has 1 aliphatic heterocycles. The van der Waals surface area contributed by atoms with E-state index in [1.54, 1.807) is 30.2 Å². The number of fused-ring (bicyclic) bond motifs is 1. The van der Waals surface area contributed by atoms with E-state index in [0.717, 1.165) is 49.8 Å². The molecular formula is C18H23N3O3S2. The predicted octanol–water partition coefficient (Wildman–Crippen LogP) is 2.45. The van der Waals surface area contributed by atoms with Crippen molar-refractivity contribution in [2.45, 2.75) is 30.2 Å². The Labute approximate surface area is 158 Å². The normalized spacial score (nSPS) is 15.4. The average Bonchev–Trinajstić information content (AvgIpc) is 2.80. The fourth-order valence-corrected chi connectivity index (χ4v) is 4.49. The summed E-state index contributed by atoms with van der Waals surface area (Å²) in [7, 11) is -3.98. The van der Waals surface area contributed by atoms with Crippen LogP contribution in [-0.2, 0) is 28.7 Å². The smallest absolute Gasteiger partial charge is 0.269 e. The topological polar surface area (TPSA) is 83.4 Å². The second-order valence-electron chi connectivity index (χ2n) is 6.40. The summed E-state index contributed by atoms with van der Waals surface area (Å²) in [4.78, 5) is 10.9. The number of nitrogens with zero attached hydrogens (tertiary/aromatic N) is 3. The Balaban J connectivity index is 1.48. The lowest BCUT2D eigenvalue weighted by molar-refractivity contribution is 0.289. The molecule has 0 spiro atoms. The van der Waals surface area contributed by atoms with Crippen molar-refractivity contribution in [3.8, 4) is 0 Å². The minimum Gasteiger partial charge on any atom is -0.303 e. The minimum absolute atomic E-state index is 0.317. The standard InChI is InChI=1S/C18H23N3O3S2/c22-26(23,24)14-15-3-4-16-5-10-21(11-6-17(16)13-15)9-2-12-25-18-19-7-1-8-20-18/h1,3-4,7-8,13H,2,5-6,9-12,14H2,(H,22,23,24). The Hall–Kier alpha value is -1.48. The number of hydrogen-bond donors (Lipinski definition) is 1. The van der Waals surface area contributed by atoms with Crippen molar-refractivity contribution in [3.05, 3.63) is 53.3 Å². The zero-order valence-corrected chi connectivity index (χ0v) is 16.2. The van der Waals surface area contributed by atoms with Crippen molar-refractivity contribution < 1.29 is 13.0 Å². The fraction of sp³-hybridized carbons (Fsp3) is 0.444. The van der Waals surface area contributed by atoms with Crippen LogP contribution in [0, 0.1) is 0 Å². The molecule has 1 aromatic heterocycles. The SMILES string of the molecule is O=S(=O)(O)Cc1ccc2c(c1)CCN(CCCSc1ncccn1)CC2. The van der Waals surface area contributed by atoms with Crippen LogP contribution in [0.1, 0.15) is 23.1 Å². The third-order valence-electron chi connectivity index (χ3n) is 4.41. The molecule has 3 rings (SSSR count). The molecule has 26 heavy (non-hydrogen) atoms. The van der Waals surface area contributed by atoms with Gasteiger partial charge in [-0.15, -0.1) is 0 Å². The van der Waals surface area contributed by atoms with Gasteiger partial charge in [-0.05, 0) is 48.6 Å². The van der Waals surface area contributed by atoms with Crippen LogP contribution in [0.2, 0.25) is 0 Å². The summed E-state index contributed by atoms with van der Waals surface area (Å²) in [5.74, 6) is 0.675. The zero-order chi connectivity index (χ0) is 18.4. The van der Waals surface area contributed by atoms with Crippen LogP contribution in [-0.4, -0.2) is 53.2 Å². The molecule has 0 amide bonds. The summed E-state index contributed by atoms with van der Waals surface area (Å²) in [5, 5.41) is 0.821. The van der Waals surface area contributed by atoms with Crippen molar-refractivity contribution in [3.63, 3.8) is 0 Å². The molecule has 0 fully saturated rings. The second-order valence-corrected chi connectivity index (χ2v) is 8.92. The number of aromatic nitrogens is 2. The van der Waals surface area contributed by atoms with E-state index in [9.17, 15) is 8.42 Å². The molecule has 1 N–H and O–H groups in total. The van der Waals surface area contributed by atoms with Gasteiger partial charge in [0.15, 0.2) is 5.16 Å². The summed E-state index contributed by atoms with van der Waals surface area (Å²) >= 11 is 1.68. The van der Waals surface area contributed by atoms with Crippen molar-refractivity contribution in [2.24, 2.45) is 0 Å². The maximum absolute atomic E-state index is 11.1. The molecule has 6 nitrogen and oxygen atoms in total. The first-order chi connectivity index (χ1) is 12.5. The molecule has 140 valence electrons. The van der Waals surface area contributed by atoms with Crippen molar-refractivity contribution in [1.82, 2.24) is 14.9 Å². The van der Waals surface area contributed by atoms with Gasteiger partial charge in [-0.25, -0.2) is 9.97 Å². The van der Waals surface area contributed by atoms with Gasteiger partial charge in [-0.3, -0.25) is 4.55 Å². The molecule has 1 aliphatic rings. The van der Waals surface area contributed by atoms with Crippen LogP contribution in [0.3, 0.4) is 0 Å². The lowest BCUT2D eigenvalue weighted by Crippen LogP contribution is -2.27. The lowest BCUT2D eigenvalue weighted by atomic mass is 10.0. The van der Waals surface area contributed by atoms with E-state index < -0.39 is 10.1 Å². The van der Waals surface area contributed by atoms with Crippen molar-refractivity contribution in [1.29, 1.82) is 0 Å². The molecule has 0 aliphatic carbocycles. The number of thioether (sulfide) groups is 1. The summed E-state index contributed by atoms with van der Waals surface area (Å²) in [6, 6.07) is 7.55. The van der Waals surface area contributed by atoms with Crippen LogP contribution in [0.4, 0.5) is 0 Å². The lowest BCUT2D eigenvalue weighted by Gasteiger charge is -2.19. The first-order valence-corrected chi connectivity index (χ1v) is 11.3. The van der Waals surface area contributed by atoms with Gasteiger partial charge < -0.3 is 4.90 Å². The zero-order valence-electron chi connectivity index (χ0n) is 14.5. The number of rotatable bonds is 7. The van der Waals surface area contributed by atoms with E-state index in [4.69, 9.17) is 4.55 Å². The quantitative estimate of drug-likeness (QED) is 0.335. The van der Waals surface area contributed by atoms with Gasteiger partial charge in [0.1, 0.15) is 5.75 Å². The highest BCUT2D eigenvalue weighted by Gasteiger charge is 2.15. The van der Waals surface area contributed by atoms with Gasteiger partial charge in [0.2, 0.25) is 0 Å². The fourth-order valence-electron chi connectivity index (χ4n) is 3.16. The van der Waals surface area contributed by atoms with Gasteiger partial charge in [-0.2, -0.15) is 8.42 Å². The van der Waals surface area contributed by atoms with Crippen LogP contribution >= 0.6 is 11.8 Å². The molecule has 0 unspecified atom stereocenters. The molecule has 2 heterocycles. The van der Waals surface area contributed by atoms with Crippen molar-refractivity contribution in [2.75, 3.05) is 25.4 Å². The maximum atomic E-state index is 11.1. The van der Waals surface area contributed by atoms with E-state index in [1.165, 1.54) is 11.1 Å². The predicted molar refractivity (Wildman–Crippen MR) is 103 cm³/mol. The van der Waals surface area contributed by atoms with Crippen molar-refractivity contribution >= 4 is 21.9 Å². The van der Waals surface area contributed by atoms with Gasteiger partial charge in [0.05, 0.1) is 0 Å². The monoisotopic (exact) mass is 393 g/mol. The molecule has 0 bridgehead atoms. The van der Waals surface area contributed by atoms with E-state index in [1.807, 2.05) is 18.2 Å². The van der Waals surface area contributed by atoms with Gasteiger partial charge in [0.25, 0.3) is 10.1 Å². The van der Waals surface area contributed by atoms with Gasteiger partial charge >= 0.3 is 0 Å². The third-order valence-corrected chi connectivity index (χ3v) is 6.07. The van der Waals surface area contributed by atoms with Crippen LogP contribution in [0.15, 0.2) is 41.8 Å². The van der Waals surface area contributed by atoms with E-state index in [0.29, 0.717) is 5.56 Å². The summed E-state index contributed by atoms with van der Waals surface area (Å²) in [6.45, 7) is 3.01. The largest absolute Gasteiger partial charge is 0.303 e. The minimum atomic E-state index is -3.98. The van der Waals surface area contributed by atoms with Crippen LogP contribution < -0.4 is 0 Å². The molecule has 1 aromatic carbocycles. The second kappa shape index (κ2) is 8.94. The van der Waals surface area contributed by atoms with E-state index in [2.05, 4.69) is 14.9 Å². The van der Waals surface area contributed by atoms with Crippen LogP contribution in [0.25, 0.3) is 0 Å². The molecule has 8 heteroatoms.